The van der Waals surface area contributed by atoms with Crippen molar-refractivity contribution in [3.05, 3.63) is 0 Å². The molecule has 2 atom stereocenters. The van der Waals surface area contributed by atoms with E-state index < -0.39 is 24.1 Å². The van der Waals surface area contributed by atoms with Gasteiger partial charge in [-0.25, -0.2) is 0 Å². The largest absolute Gasteiger partial charge is 2.00 e. The summed E-state index contributed by atoms with van der Waals surface area (Å²) in [6, 6.07) is 0. The third-order valence-electron chi connectivity index (χ3n) is 1.75. The molecular formula is C10H18CaO6. The van der Waals surface area contributed by atoms with Gasteiger partial charge in [0.1, 0.15) is 0 Å². The summed E-state index contributed by atoms with van der Waals surface area (Å²) in [5.74, 6) is -2.39. The summed E-state index contributed by atoms with van der Waals surface area (Å²) < 4.78 is 0. The summed E-state index contributed by atoms with van der Waals surface area (Å²) in [7, 11) is 0. The van der Waals surface area contributed by atoms with Gasteiger partial charge in [-0.3, -0.25) is 0 Å². The van der Waals surface area contributed by atoms with Crippen molar-refractivity contribution in [3.8, 4) is 0 Å². The number of carboxylic acids is 2. The molecule has 0 aliphatic heterocycles. The average Bonchev–Trinajstić information content (AvgIpc) is 2.16. The summed E-state index contributed by atoms with van der Waals surface area (Å²) in [4.78, 5) is 19.4. The predicted octanol–water partition coefficient (Wildman–Crippen LogP) is -2.59. The van der Waals surface area contributed by atoms with E-state index in [0.717, 1.165) is 0 Å². The fourth-order valence-corrected chi connectivity index (χ4v) is 0.673. The Kier molecular flexibility index (Phi) is 18.6. The first-order valence-corrected chi connectivity index (χ1v) is 5.09. The van der Waals surface area contributed by atoms with Crippen LogP contribution in [-0.2, 0) is 9.59 Å². The van der Waals surface area contributed by atoms with E-state index in [1.54, 1.807) is 13.8 Å². The topological polar surface area (TPSA) is 121 Å². The van der Waals surface area contributed by atoms with Crippen LogP contribution in [-0.4, -0.2) is 72.1 Å². The van der Waals surface area contributed by atoms with Gasteiger partial charge in [0.25, 0.3) is 0 Å². The smallest absolute Gasteiger partial charge is 0.550 e. The van der Waals surface area contributed by atoms with Gasteiger partial charge in [0.15, 0.2) is 0 Å². The fourth-order valence-electron chi connectivity index (χ4n) is 0.673. The van der Waals surface area contributed by atoms with E-state index in [1.807, 2.05) is 0 Å². The molecule has 7 heteroatoms. The first-order chi connectivity index (χ1) is 7.33. The molecule has 0 bridgehead atoms. The molecule has 2 unspecified atom stereocenters. The Bertz CT molecular complexity index is 187. The van der Waals surface area contributed by atoms with Gasteiger partial charge >= 0.3 is 37.7 Å². The van der Waals surface area contributed by atoms with E-state index >= 15 is 0 Å². The third kappa shape index (κ3) is 21.9. The molecule has 0 aliphatic carbocycles. The van der Waals surface area contributed by atoms with Crippen molar-refractivity contribution in [2.75, 3.05) is 0 Å². The summed E-state index contributed by atoms with van der Waals surface area (Å²) in [6.07, 6.45) is -1.05. The number of hydrogen-bond acceptors (Lipinski definition) is 6. The van der Waals surface area contributed by atoms with Gasteiger partial charge in [-0.05, 0) is 12.8 Å². The van der Waals surface area contributed by atoms with Crippen LogP contribution in [0.25, 0.3) is 0 Å². The maximum Gasteiger partial charge on any atom is 2.00 e. The van der Waals surface area contributed by atoms with Crippen LogP contribution in [0.3, 0.4) is 0 Å². The van der Waals surface area contributed by atoms with E-state index in [1.165, 1.54) is 0 Å². The minimum atomic E-state index is -1.20. The molecule has 0 radical (unpaired) electrons. The SMILES string of the molecule is CCC(O)CC(=O)[O-].CCC(O)CC(=O)[O-].[Ca+2]. The molecule has 0 fully saturated rings. The van der Waals surface area contributed by atoms with Crippen molar-refractivity contribution in [2.45, 2.75) is 51.7 Å². The normalized spacial score (nSPS) is 12.5. The molecule has 0 spiro atoms. The molecule has 0 amide bonds. The third-order valence-corrected chi connectivity index (χ3v) is 1.75. The second kappa shape index (κ2) is 14.2. The van der Waals surface area contributed by atoms with E-state index in [-0.39, 0.29) is 50.6 Å². The van der Waals surface area contributed by atoms with E-state index in [9.17, 15) is 19.8 Å². The van der Waals surface area contributed by atoms with Crippen LogP contribution in [0.15, 0.2) is 0 Å². The maximum atomic E-state index is 9.70. The molecule has 0 aromatic carbocycles. The molecule has 96 valence electrons. The number of aliphatic hydroxyl groups excluding tert-OH is 2. The Morgan fingerprint density at radius 2 is 1.18 bits per heavy atom. The first-order valence-electron chi connectivity index (χ1n) is 5.09. The number of carbonyl (C=O) groups is 2. The maximum absolute atomic E-state index is 9.70. The predicted molar refractivity (Wildman–Crippen MR) is 57.6 cm³/mol. The molecule has 2 N–H and O–H groups in total. The zero-order chi connectivity index (χ0) is 13.1. The zero-order valence-electron chi connectivity index (χ0n) is 10.2. The fraction of sp³-hybridized carbons (Fsp3) is 0.800. The average molecular weight is 274 g/mol. The number of carbonyl (C=O) groups excluding carboxylic acids is 2. The number of aliphatic carboxylic acids is 2. The minimum absolute atomic E-state index is 0. The number of carboxylic acid groups (broad SMARTS) is 2. The summed E-state index contributed by atoms with van der Waals surface area (Å²) in [5.41, 5.74) is 0. The van der Waals surface area contributed by atoms with E-state index in [4.69, 9.17) is 10.2 Å². The van der Waals surface area contributed by atoms with Crippen LogP contribution < -0.4 is 10.2 Å². The first kappa shape index (κ1) is 22.3. The van der Waals surface area contributed by atoms with Crippen molar-refractivity contribution in [1.29, 1.82) is 0 Å². The van der Waals surface area contributed by atoms with Gasteiger partial charge < -0.3 is 30.0 Å². The Morgan fingerprint density at radius 3 is 1.24 bits per heavy atom. The van der Waals surface area contributed by atoms with Crippen molar-refractivity contribution in [3.63, 3.8) is 0 Å². The van der Waals surface area contributed by atoms with Gasteiger partial charge in [-0.1, -0.05) is 13.8 Å². The van der Waals surface area contributed by atoms with Crippen LogP contribution in [0.2, 0.25) is 0 Å². The molecule has 0 heterocycles. The second-order valence-electron chi connectivity index (χ2n) is 3.28. The molecule has 17 heavy (non-hydrogen) atoms. The molecule has 6 nitrogen and oxygen atoms in total. The standard InChI is InChI=1S/2C5H10O3.Ca/c2*1-2-4(6)3-5(7)8;/h2*4,6H,2-3H2,1H3,(H,7,8);/q;;+2/p-2. The van der Waals surface area contributed by atoms with Crippen molar-refractivity contribution in [1.82, 2.24) is 0 Å². The Labute approximate surface area is 131 Å². The zero-order valence-corrected chi connectivity index (χ0v) is 12.4. The number of rotatable bonds is 6. The van der Waals surface area contributed by atoms with E-state index in [2.05, 4.69) is 0 Å². The molecular weight excluding hydrogens is 256 g/mol. The molecule has 0 aliphatic rings. The van der Waals surface area contributed by atoms with Crippen molar-refractivity contribution in [2.24, 2.45) is 0 Å². The van der Waals surface area contributed by atoms with Gasteiger partial charge in [0.05, 0.1) is 12.2 Å². The number of hydrogen-bond donors (Lipinski definition) is 2. The van der Waals surface area contributed by atoms with E-state index in [0.29, 0.717) is 12.8 Å². The monoisotopic (exact) mass is 274 g/mol. The van der Waals surface area contributed by atoms with Crippen LogP contribution in [0, 0.1) is 0 Å². The van der Waals surface area contributed by atoms with Crippen LogP contribution in [0.4, 0.5) is 0 Å². The Hall–Kier alpha value is 0.120. The minimum Gasteiger partial charge on any atom is -0.550 e. The van der Waals surface area contributed by atoms with Crippen molar-refractivity contribution < 1.29 is 30.0 Å². The molecule has 0 rings (SSSR count). The van der Waals surface area contributed by atoms with Crippen LogP contribution >= 0.6 is 0 Å². The molecule has 0 aromatic rings. The van der Waals surface area contributed by atoms with Crippen LogP contribution in [0.5, 0.6) is 0 Å². The Morgan fingerprint density at radius 1 is 0.941 bits per heavy atom. The molecule has 0 saturated heterocycles. The van der Waals surface area contributed by atoms with Crippen LogP contribution in [0.1, 0.15) is 39.5 Å². The molecule has 0 aromatic heterocycles. The molecule has 0 saturated carbocycles. The summed E-state index contributed by atoms with van der Waals surface area (Å²) in [5, 5.41) is 36.6. The Balaban J connectivity index is -0.000000218. The van der Waals surface area contributed by atoms with Gasteiger partial charge in [0.2, 0.25) is 0 Å². The quantitative estimate of drug-likeness (QED) is 0.513. The number of aliphatic hydroxyl groups is 2. The summed E-state index contributed by atoms with van der Waals surface area (Å²) in [6.45, 7) is 3.43. The summed E-state index contributed by atoms with van der Waals surface area (Å²) >= 11 is 0. The second-order valence-corrected chi connectivity index (χ2v) is 3.28. The van der Waals surface area contributed by atoms with Crippen molar-refractivity contribution >= 4 is 49.7 Å². The van der Waals surface area contributed by atoms with Gasteiger partial charge in [0, 0.05) is 24.8 Å². The van der Waals surface area contributed by atoms with Gasteiger partial charge in [-0.15, -0.1) is 0 Å². The van der Waals surface area contributed by atoms with Gasteiger partial charge in [-0.2, -0.15) is 0 Å².